The Hall–Kier alpha value is -4.20. The average Bonchev–Trinajstić information content (AvgIpc) is 2.94. The van der Waals surface area contributed by atoms with Gasteiger partial charge in [-0.25, -0.2) is 9.59 Å². The van der Waals surface area contributed by atoms with Crippen LogP contribution in [0.4, 0.5) is 0 Å². The molecule has 0 fully saturated rings. The van der Waals surface area contributed by atoms with Gasteiger partial charge in [-0.1, -0.05) is 12.1 Å². The van der Waals surface area contributed by atoms with Gasteiger partial charge in [0.05, 0.1) is 13.2 Å². The number of esters is 4. The molecule has 4 atom stereocenters. The number of ether oxygens (including phenoxy) is 3. The number of carbonyl (C=O) groups is 5. The number of aliphatic hydroxyl groups is 1. The minimum Gasteiger partial charge on any atom is -0.480 e. The first-order chi connectivity index (χ1) is 19.2. The monoisotopic (exact) mass is 586 g/mol. The summed E-state index contributed by atoms with van der Waals surface area (Å²) < 4.78 is 14.0. The second-order valence-electron chi connectivity index (χ2n) is 8.29. The van der Waals surface area contributed by atoms with Gasteiger partial charge in [0.25, 0.3) is 0 Å². The molecule has 16 N–H and O–H groups in total. The second kappa shape index (κ2) is 19.8. The number of nitrogens with two attached hydrogens (primary N) is 7. The van der Waals surface area contributed by atoms with Crippen LogP contribution in [0.1, 0.15) is 18.4 Å². The van der Waals surface area contributed by atoms with Gasteiger partial charge in [-0.15, -0.1) is 0 Å². The number of hydrogen-bond donors (Lipinski definition) is 9. The summed E-state index contributed by atoms with van der Waals surface area (Å²) in [6, 6.07) is 1.87. The van der Waals surface area contributed by atoms with E-state index in [1.54, 1.807) is 24.3 Å². The smallest absolute Gasteiger partial charge is 0.330 e. The van der Waals surface area contributed by atoms with E-state index in [-0.39, 0.29) is 25.3 Å². The van der Waals surface area contributed by atoms with E-state index in [1.807, 2.05) is 0 Å². The molecule has 0 saturated heterocycles. The first-order valence-corrected chi connectivity index (χ1v) is 12.0. The zero-order chi connectivity index (χ0) is 31.5. The van der Waals surface area contributed by atoms with E-state index >= 15 is 0 Å². The van der Waals surface area contributed by atoms with Crippen LogP contribution in [0.15, 0.2) is 29.3 Å². The van der Waals surface area contributed by atoms with Gasteiger partial charge in [0.1, 0.15) is 36.5 Å². The molecule has 0 aromatic heterocycles. The molecule has 18 nitrogen and oxygen atoms in total. The van der Waals surface area contributed by atoms with Gasteiger partial charge in [-0.3, -0.25) is 19.4 Å². The molecule has 1 rings (SSSR count). The standard InChI is InChI=1S/C17H26N6O5.C6H12N2O5/c18-9-14(24)27-11-5-3-10(4-6-11)8-13(20)16(26)28-15(25)12(19)2-1-7-23-17(21)22;7-3(1-9)6(12)13-2-4(8)5(10)11/h3-6,12-13H,1-2,7-9,18-20H2,(H4,21,22,23);3-4,9H,1-2,7-8H2,(H,10,11)/t12-,13-;3-,4-/m00/s1. The van der Waals surface area contributed by atoms with Crippen LogP contribution in [0.3, 0.4) is 0 Å². The highest BCUT2D eigenvalue weighted by Gasteiger charge is 2.23. The first-order valence-electron chi connectivity index (χ1n) is 12.0. The molecule has 0 bridgehead atoms. The molecular weight excluding hydrogens is 548 g/mol. The Morgan fingerprint density at radius 2 is 1.44 bits per heavy atom. The predicted octanol–water partition coefficient (Wildman–Crippen LogP) is -4.87. The Kier molecular flexibility index (Phi) is 17.8. The lowest BCUT2D eigenvalue weighted by Crippen LogP contribution is -2.40. The molecule has 41 heavy (non-hydrogen) atoms. The number of aliphatic hydroxyl groups excluding tert-OH is 1. The van der Waals surface area contributed by atoms with Crippen LogP contribution in [-0.2, 0) is 39.9 Å². The fourth-order valence-electron chi connectivity index (χ4n) is 2.52. The molecule has 0 spiro atoms. The molecule has 0 aliphatic rings. The fourth-order valence-corrected chi connectivity index (χ4v) is 2.52. The van der Waals surface area contributed by atoms with Gasteiger partial charge in [0, 0.05) is 6.54 Å². The van der Waals surface area contributed by atoms with Crippen LogP contribution in [0.5, 0.6) is 5.75 Å². The Morgan fingerprint density at radius 3 is 1.95 bits per heavy atom. The third-order valence-corrected chi connectivity index (χ3v) is 4.77. The average molecular weight is 587 g/mol. The van der Waals surface area contributed by atoms with Crippen molar-refractivity contribution in [2.24, 2.45) is 45.1 Å². The van der Waals surface area contributed by atoms with Crippen molar-refractivity contribution >= 4 is 35.8 Å². The summed E-state index contributed by atoms with van der Waals surface area (Å²) in [4.78, 5) is 59.6. The number of rotatable bonds is 15. The zero-order valence-corrected chi connectivity index (χ0v) is 22.2. The molecule has 0 heterocycles. The molecule has 0 amide bonds. The van der Waals surface area contributed by atoms with E-state index in [1.165, 1.54) is 0 Å². The number of aliphatic carboxylic acids is 1. The number of aliphatic imine (C=N–C) groups is 1. The van der Waals surface area contributed by atoms with Gasteiger partial charge in [-0.05, 0) is 37.0 Å². The SMILES string of the molecule is NCC(=O)Oc1ccc(C[C@H](N)C(=O)OC(=O)[C@@H](N)CCCN=C(N)N)cc1.N[C@@H](COC(=O)[C@@H](N)CO)C(=O)O. The number of hydrogen-bond acceptors (Lipinski definition) is 15. The fraction of sp³-hybridized carbons (Fsp3) is 0.478. The number of carboxylic acids is 1. The lowest BCUT2D eigenvalue weighted by Gasteiger charge is -2.13. The van der Waals surface area contributed by atoms with Crippen molar-refractivity contribution in [1.82, 2.24) is 0 Å². The van der Waals surface area contributed by atoms with Crippen molar-refractivity contribution < 1.29 is 48.4 Å². The summed E-state index contributed by atoms with van der Waals surface area (Å²) >= 11 is 0. The van der Waals surface area contributed by atoms with Crippen LogP contribution < -0.4 is 44.9 Å². The molecule has 0 unspecified atom stereocenters. The van der Waals surface area contributed by atoms with Crippen molar-refractivity contribution in [2.75, 3.05) is 26.3 Å². The summed E-state index contributed by atoms with van der Waals surface area (Å²) in [5.41, 5.74) is 37.8. The summed E-state index contributed by atoms with van der Waals surface area (Å²) in [5.74, 6) is -4.21. The first kappa shape index (κ1) is 36.8. The zero-order valence-electron chi connectivity index (χ0n) is 22.2. The maximum absolute atomic E-state index is 12.0. The van der Waals surface area contributed by atoms with Crippen molar-refractivity contribution in [1.29, 1.82) is 0 Å². The van der Waals surface area contributed by atoms with Crippen LogP contribution in [-0.4, -0.2) is 96.5 Å². The van der Waals surface area contributed by atoms with Crippen molar-refractivity contribution in [2.45, 2.75) is 43.4 Å². The van der Waals surface area contributed by atoms with Crippen LogP contribution >= 0.6 is 0 Å². The number of benzene rings is 1. The molecule has 230 valence electrons. The highest BCUT2D eigenvalue weighted by molar-refractivity contribution is 5.90. The topological polar surface area (TPSA) is 348 Å². The largest absolute Gasteiger partial charge is 0.480 e. The van der Waals surface area contributed by atoms with Gasteiger partial charge < -0.3 is 64.6 Å². The number of nitrogens with zero attached hydrogens (tertiary/aromatic N) is 1. The highest BCUT2D eigenvalue weighted by Crippen LogP contribution is 2.14. The molecule has 1 aromatic carbocycles. The lowest BCUT2D eigenvalue weighted by molar-refractivity contribution is -0.161. The molecule has 0 aliphatic carbocycles. The Bertz CT molecular complexity index is 1030. The minimum absolute atomic E-state index is 0.0529. The van der Waals surface area contributed by atoms with Gasteiger partial charge in [0.2, 0.25) is 0 Å². The van der Waals surface area contributed by atoms with Gasteiger partial charge >= 0.3 is 29.8 Å². The summed E-state index contributed by atoms with van der Waals surface area (Å²) in [5, 5.41) is 16.7. The van der Waals surface area contributed by atoms with Crippen LogP contribution in [0.25, 0.3) is 0 Å². The van der Waals surface area contributed by atoms with Gasteiger partial charge in [0.15, 0.2) is 5.96 Å². The van der Waals surface area contributed by atoms with E-state index in [2.05, 4.69) is 9.73 Å². The van der Waals surface area contributed by atoms with E-state index in [4.69, 9.17) is 59.8 Å². The van der Waals surface area contributed by atoms with Crippen molar-refractivity contribution in [3.8, 4) is 5.75 Å². The van der Waals surface area contributed by atoms with Crippen LogP contribution in [0, 0.1) is 0 Å². The predicted molar refractivity (Wildman–Crippen MR) is 143 cm³/mol. The molecular formula is C23H38N8O10. The Morgan fingerprint density at radius 1 is 0.854 bits per heavy atom. The molecule has 1 aromatic rings. The molecule has 0 radical (unpaired) electrons. The van der Waals surface area contributed by atoms with Gasteiger partial charge in [-0.2, -0.15) is 0 Å². The molecule has 18 heteroatoms. The minimum atomic E-state index is -1.27. The third kappa shape index (κ3) is 16.5. The Labute approximate surface area is 235 Å². The van der Waals surface area contributed by atoms with Crippen molar-refractivity contribution in [3.63, 3.8) is 0 Å². The van der Waals surface area contributed by atoms with E-state index in [0.29, 0.717) is 24.3 Å². The molecule has 0 saturated carbocycles. The summed E-state index contributed by atoms with van der Waals surface area (Å²) in [6.07, 6.45) is 0.827. The normalized spacial score (nSPS) is 13.2. The quantitative estimate of drug-likeness (QED) is 0.0232. The van der Waals surface area contributed by atoms with E-state index < -0.39 is 67.2 Å². The second-order valence-corrected chi connectivity index (χ2v) is 8.29. The lowest BCUT2D eigenvalue weighted by atomic mass is 10.1. The number of guanidine groups is 1. The maximum atomic E-state index is 12.0. The molecule has 0 aliphatic heterocycles. The summed E-state index contributed by atoms with van der Waals surface area (Å²) in [7, 11) is 0. The third-order valence-electron chi connectivity index (χ3n) is 4.77. The highest BCUT2D eigenvalue weighted by atomic mass is 16.6. The summed E-state index contributed by atoms with van der Waals surface area (Å²) in [6.45, 7) is -0.931. The van der Waals surface area contributed by atoms with Crippen LogP contribution in [0.2, 0.25) is 0 Å². The maximum Gasteiger partial charge on any atom is 0.330 e. The number of carbonyl (C=O) groups excluding carboxylic acids is 4. The number of carboxylic acid groups (broad SMARTS) is 1. The van der Waals surface area contributed by atoms with Crippen molar-refractivity contribution in [3.05, 3.63) is 29.8 Å². The Balaban J connectivity index is 0.00000103. The van der Waals surface area contributed by atoms with E-state index in [9.17, 15) is 24.0 Å². The van der Waals surface area contributed by atoms with E-state index in [0.717, 1.165) is 0 Å².